The van der Waals surface area contributed by atoms with Gasteiger partial charge in [0.05, 0.1) is 11.4 Å². The number of thiazole rings is 2. The van der Waals surface area contributed by atoms with Crippen molar-refractivity contribution in [2.24, 2.45) is 0 Å². The average Bonchev–Trinajstić information content (AvgIpc) is 3.09. The molecule has 134 valence electrons. The zero-order valence-electron chi connectivity index (χ0n) is 14.3. The second kappa shape index (κ2) is 9.21. The van der Waals surface area contributed by atoms with Gasteiger partial charge in [-0.3, -0.25) is 0 Å². The molecule has 0 saturated carbocycles. The minimum Gasteiger partial charge on any atom is -0.400 e. The molecule has 2 aliphatic rings. The Labute approximate surface area is 159 Å². The monoisotopic (exact) mass is 433 g/mol. The Morgan fingerprint density at radius 2 is 1.46 bits per heavy atom. The Hall–Kier alpha value is -0.580. The van der Waals surface area contributed by atoms with Crippen LogP contribution < -0.4 is 5.73 Å². The molecular weight excluding hydrogens is 410 g/mol. The number of aliphatic hydroxyl groups excluding tert-OH is 1. The molecule has 2 aromatic heterocycles. The number of nitrogens with zero attached hydrogens (tertiary/aromatic N) is 4. The number of likely N-dealkylation sites (N-methyl/N-ethyl adjacent to an activating group) is 2. The van der Waals surface area contributed by atoms with Gasteiger partial charge in [-0.2, -0.15) is 0 Å². The Kier molecular flexibility index (Phi) is 7.58. The lowest BCUT2D eigenvalue weighted by Crippen LogP contribution is -2.25. The van der Waals surface area contributed by atoms with Crippen LogP contribution in [0.2, 0.25) is 0 Å². The van der Waals surface area contributed by atoms with E-state index in [1.54, 1.807) is 22.7 Å². The maximum atomic E-state index is 7.00. The highest BCUT2D eigenvalue weighted by molar-refractivity contribution is 9.11. The summed E-state index contributed by atoms with van der Waals surface area (Å²) in [6, 6.07) is 0. The molecule has 0 spiro atoms. The van der Waals surface area contributed by atoms with E-state index in [2.05, 4.69) is 49.8 Å². The van der Waals surface area contributed by atoms with Gasteiger partial charge in [-0.05, 0) is 30.0 Å². The number of anilines is 1. The summed E-state index contributed by atoms with van der Waals surface area (Å²) in [6.45, 7) is 4.34. The lowest BCUT2D eigenvalue weighted by atomic mass is 10.2. The van der Waals surface area contributed by atoms with Crippen LogP contribution in [-0.4, -0.2) is 59.2 Å². The van der Waals surface area contributed by atoms with Gasteiger partial charge in [-0.1, -0.05) is 0 Å². The van der Waals surface area contributed by atoms with Gasteiger partial charge in [0.2, 0.25) is 0 Å². The molecule has 6 nitrogen and oxygen atoms in total. The number of hydrogen-bond acceptors (Lipinski definition) is 8. The molecule has 0 aliphatic carbocycles. The normalized spacial score (nSPS) is 17.0. The average molecular weight is 434 g/mol. The number of fused-ring (bicyclic) bond motifs is 2. The second-order valence-corrected chi connectivity index (χ2v) is 9.21. The van der Waals surface area contributed by atoms with Crippen LogP contribution in [0.15, 0.2) is 3.92 Å². The lowest BCUT2D eigenvalue weighted by molar-refractivity contribution is 0.314. The van der Waals surface area contributed by atoms with Gasteiger partial charge in [0.1, 0.15) is 0 Å². The Bertz CT molecular complexity index is 604. The predicted molar refractivity (Wildman–Crippen MR) is 105 cm³/mol. The molecule has 0 unspecified atom stereocenters. The van der Waals surface area contributed by atoms with Crippen molar-refractivity contribution in [3.05, 3.63) is 25.1 Å². The molecule has 3 N–H and O–H groups in total. The van der Waals surface area contributed by atoms with Crippen LogP contribution in [0.5, 0.6) is 0 Å². The number of hydrogen-bond donors (Lipinski definition) is 2. The zero-order chi connectivity index (χ0) is 17.7. The molecule has 0 saturated heterocycles. The van der Waals surface area contributed by atoms with E-state index in [0.29, 0.717) is 5.13 Å². The summed E-state index contributed by atoms with van der Waals surface area (Å²) in [5.74, 6) is 0. The second-order valence-electron chi connectivity index (χ2n) is 5.73. The molecule has 9 heteroatoms. The fourth-order valence-electron chi connectivity index (χ4n) is 2.63. The van der Waals surface area contributed by atoms with Crippen molar-refractivity contribution < 1.29 is 5.11 Å². The van der Waals surface area contributed by atoms with Crippen LogP contribution in [0.3, 0.4) is 0 Å². The summed E-state index contributed by atoms with van der Waals surface area (Å²) < 4.78 is 1.03. The van der Waals surface area contributed by atoms with Crippen molar-refractivity contribution in [2.45, 2.75) is 25.9 Å². The largest absolute Gasteiger partial charge is 0.400 e. The Morgan fingerprint density at radius 1 is 0.958 bits per heavy atom. The van der Waals surface area contributed by atoms with Gasteiger partial charge in [0.15, 0.2) is 9.05 Å². The van der Waals surface area contributed by atoms with Crippen molar-refractivity contribution in [3.63, 3.8) is 0 Å². The van der Waals surface area contributed by atoms with Crippen LogP contribution in [0.25, 0.3) is 0 Å². The molecule has 0 atom stereocenters. The van der Waals surface area contributed by atoms with Crippen LogP contribution in [0.1, 0.15) is 21.1 Å². The van der Waals surface area contributed by atoms with Gasteiger partial charge >= 0.3 is 0 Å². The third-order valence-corrected chi connectivity index (χ3v) is 6.28. The molecule has 0 radical (unpaired) electrons. The first-order chi connectivity index (χ1) is 11.5. The number of nitrogens with two attached hydrogens (primary N) is 1. The summed E-state index contributed by atoms with van der Waals surface area (Å²) in [5.41, 5.74) is 8.10. The zero-order valence-corrected chi connectivity index (χ0v) is 17.5. The number of nitrogen functional groups attached to an aromatic ring is 1. The van der Waals surface area contributed by atoms with E-state index < -0.39 is 0 Å². The highest BCUT2D eigenvalue weighted by Crippen LogP contribution is 2.27. The lowest BCUT2D eigenvalue weighted by Gasteiger charge is -2.20. The van der Waals surface area contributed by atoms with Crippen LogP contribution in [-0.2, 0) is 25.9 Å². The topological polar surface area (TPSA) is 78.5 Å². The summed E-state index contributed by atoms with van der Waals surface area (Å²) in [7, 11) is 5.27. The smallest absolute Gasteiger partial charge is 0.180 e. The number of aromatic nitrogens is 2. The van der Waals surface area contributed by atoms with Crippen molar-refractivity contribution in [1.82, 2.24) is 19.8 Å². The number of aliphatic hydroxyl groups is 1. The Balaban J connectivity index is 0.000000158. The maximum absolute atomic E-state index is 7.00. The molecule has 0 aromatic carbocycles. The van der Waals surface area contributed by atoms with Crippen molar-refractivity contribution in [1.29, 1.82) is 0 Å². The molecular formula is C15H24BrN5OS2. The predicted octanol–water partition coefficient (Wildman–Crippen LogP) is 2.22. The molecule has 2 aliphatic heterocycles. The standard InChI is InChI=1S/C7H9BrN2S.C7H11N3S.CH4O/c2*1-10-3-2-5-6(4-10)11-7(8)9-5;1-2/h2-4H2,1H3;2-4H2,1H3,(H2,8,9);2H,1H3. The third-order valence-electron chi connectivity index (χ3n) is 3.83. The summed E-state index contributed by atoms with van der Waals surface area (Å²) in [5, 5.41) is 7.71. The molecule has 4 heterocycles. The first-order valence-corrected chi connectivity index (χ1v) is 10.1. The fourth-order valence-corrected chi connectivity index (χ4v) is 5.30. The first-order valence-electron chi connectivity index (χ1n) is 7.71. The summed E-state index contributed by atoms with van der Waals surface area (Å²) >= 11 is 6.78. The quantitative estimate of drug-likeness (QED) is 0.662. The van der Waals surface area contributed by atoms with Gasteiger partial charge in [-0.15, -0.1) is 22.7 Å². The van der Waals surface area contributed by atoms with Crippen LogP contribution >= 0.6 is 38.6 Å². The van der Waals surface area contributed by atoms with E-state index in [4.69, 9.17) is 10.8 Å². The highest BCUT2D eigenvalue weighted by atomic mass is 79.9. The first kappa shape index (κ1) is 19.7. The van der Waals surface area contributed by atoms with E-state index in [0.717, 1.165) is 50.0 Å². The van der Waals surface area contributed by atoms with Crippen molar-refractivity contribution in [3.8, 4) is 0 Å². The molecule has 4 rings (SSSR count). The van der Waals surface area contributed by atoms with Gasteiger partial charge in [0.25, 0.3) is 0 Å². The summed E-state index contributed by atoms with van der Waals surface area (Å²) in [4.78, 5) is 16.0. The summed E-state index contributed by atoms with van der Waals surface area (Å²) in [6.07, 6.45) is 2.16. The number of halogens is 1. The number of rotatable bonds is 0. The van der Waals surface area contributed by atoms with Crippen LogP contribution in [0, 0.1) is 0 Å². The van der Waals surface area contributed by atoms with Gasteiger partial charge < -0.3 is 20.6 Å². The van der Waals surface area contributed by atoms with Gasteiger partial charge in [-0.25, -0.2) is 9.97 Å². The Morgan fingerprint density at radius 3 is 2.04 bits per heavy atom. The third kappa shape index (κ3) is 5.21. The fraction of sp³-hybridized carbons (Fsp3) is 0.600. The maximum Gasteiger partial charge on any atom is 0.180 e. The highest BCUT2D eigenvalue weighted by Gasteiger charge is 2.17. The molecule has 0 amide bonds. The molecule has 2 aromatic rings. The van der Waals surface area contributed by atoms with E-state index in [9.17, 15) is 0 Å². The van der Waals surface area contributed by atoms with Crippen LogP contribution in [0.4, 0.5) is 5.13 Å². The minimum absolute atomic E-state index is 0.713. The van der Waals surface area contributed by atoms with E-state index in [-0.39, 0.29) is 0 Å². The molecule has 0 fully saturated rings. The van der Waals surface area contributed by atoms with Gasteiger partial charge in [0, 0.05) is 55.9 Å². The van der Waals surface area contributed by atoms with E-state index in [1.807, 2.05) is 0 Å². The molecule has 24 heavy (non-hydrogen) atoms. The van der Waals surface area contributed by atoms with E-state index >= 15 is 0 Å². The molecule has 0 bridgehead atoms. The SMILES string of the molecule is CN1CCc2nc(Br)sc2C1.CN1CCc2nc(N)sc2C1.CO. The minimum atomic E-state index is 0.713. The van der Waals surface area contributed by atoms with Crippen molar-refractivity contribution in [2.75, 3.05) is 40.0 Å². The van der Waals surface area contributed by atoms with Crippen molar-refractivity contribution >= 4 is 43.7 Å². The van der Waals surface area contributed by atoms with E-state index in [1.165, 1.54) is 21.1 Å².